The zero-order valence-corrected chi connectivity index (χ0v) is 18.9. The van der Waals surface area contributed by atoms with Crippen LogP contribution in [0.5, 0.6) is 0 Å². The number of H-pyrrole nitrogens is 1. The SMILES string of the molecule is CNc1ncnc2cc(CN3CCN(Cc4[nH]c5ccc(Cl)cc5c4C)CC3=O)ccc12. The molecule has 1 fully saturated rings. The second kappa shape index (κ2) is 8.41. The number of carbonyl (C=O) groups is 1. The summed E-state index contributed by atoms with van der Waals surface area (Å²) in [7, 11) is 1.85. The fraction of sp³-hybridized carbons (Fsp3) is 0.292. The van der Waals surface area contributed by atoms with Crippen LogP contribution in [0, 0.1) is 6.92 Å². The number of carbonyl (C=O) groups excluding carboxylic acids is 1. The van der Waals surface area contributed by atoms with E-state index in [9.17, 15) is 4.79 Å². The smallest absolute Gasteiger partial charge is 0.237 e. The zero-order chi connectivity index (χ0) is 22.2. The lowest BCUT2D eigenvalue weighted by Gasteiger charge is -2.34. The van der Waals surface area contributed by atoms with Gasteiger partial charge >= 0.3 is 0 Å². The largest absolute Gasteiger partial charge is 0.373 e. The Hall–Kier alpha value is -3.16. The van der Waals surface area contributed by atoms with Crippen LogP contribution in [0.1, 0.15) is 16.8 Å². The zero-order valence-electron chi connectivity index (χ0n) is 18.2. The van der Waals surface area contributed by atoms with E-state index in [2.05, 4.69) is 32.1 Å². The molecule has 1 aliphatic heterocycles. The Labute approximate surface area is 191 Å². The number of amides is 1. The van der Waals surface area contributed by atoms with Crippen molar-refractivity contribution in [1.82, 2.24) is 24.8 Å². The van der Waals surface area contributed by atoms with Crippen LogP contribution in [-0.2, 0) is 17.9 Å². The number of halogens is 1. The first-order valence-electron chi connectivity index (χ1n) is 10.7. The maximum atomic E-state index is 12.9. The van der Waals surface area contributed by atoms with Gasteiger partial charge in [0.1, 0.15) is 12.1 Å². The van der Waals surface area contributed by atoms with Gasteiger partial charge < -0.3 is 15.2 Å². The topological polar surface area (TPSA) is 77.2 Å². The summed E-state index contributed by atoms with van der Waals surface area (Å²) in [6.45, 7) is 5.36. The first-order valence-corrected chi connectivity index (χ1v) is 11.1. The molecule has 0 radical (unpaired) electrons. The van der Waals surface area contributed by atoms with Gasteiger partial charge in [0.2, 0.25) is 5.91 Å². The van der Waals surface area contributed by atoms with Crippen molar-refractivity contribution in [2.45, 2.75) is 20.0 Å². The van der Waals surface area contributed by atoms with Crippen molar-refractivity contribution in [2.24, 2.45) is 0 Å². The monoisotopic (exact) mass is 448 g/mol. The van der Waals surface area contributed by atoms with Crippen LogP contribution in [0.15, 0.2) is 42.7 Å². The molecule has 8 heteroatoms. The Bertz CT molecular complexity index is 1320. The third kappa shape index (κ3) is 3.89. The van der Waals surface area contributed by atoms with E-state index < -0.39 is 0 Å². The van der Waals surface area contributed by atoms with Gasteiger partial charge in [-0.2, -0.15) is 0 Å². The number of aryl methyl sites for hydroxylation is 1. The summed E-state index contributed by atoms with van der Waals surface area (Å²) in [6.07, 6.45) is 1.56. The Morgan fingerprint density at radius 3 is 2.78 bits per heavy atom. The molecular formula is C24H25ClN6O. The fourth-order valence-corrected chi connectivity index (χ4v) is 4.59. The Balaban J connectivity index is 1.26. The van der Waals surface area contributed by atoms with E-state index in [4.69, 9.17) is 11.6 Å². The molecule has 0 saturated carbocycles. The maximum absolute atomic E-state index is 12.9. The van der Waals surface area contributed by atoms with Crippen molar-refractivity contribution in [3.63, 3.8) is 0 Å². The van der Waals surface area contributed by atoms with E-state index in [1.54, 1.807) is 6.33 Å². The molecule has 1 saturated heterocycles. The molecule has 0 spiro atoms. The molecule has 1 aliphatic rings. The van der Waals surface area contributed by atoms with Crippen LogP contribution in [0.2, 0.25) is 5.02 Å². The number of anilines is 1. The van der Waals surface area contributed by atoms with Crippen molar-refractivity contribution >= 4 is 45.1 Å². The Morgan fingerprint density at radius 1 is 1.09 bits per heavy atom. The van der Waals surface area contributed by atoms with E-state index in [0.29, 0.717) is 19.6 Å². The van der Waals surface area contributed by atoms with Gasteiger partial charge in [0.15, 0.2) is 0 Å². The number of piperazine rings is 1. The number of fused-ring (bicyclic) bond motifs is 2. The van der Waals surface area contributed by atoms with E-state index in [-0.39, 0.29) is 5.91 Å². The maximum Gasteiger partial charge on any atom is 0.237 e. The van der Waals surface area contributed by atoms with Crippen LogP contribution >= 0.6 is 11.6 Å². The molecule has 32 heavy (non-hydrogen) atoms. The lowest BCUT2D eigenvalue weighted by atomic mass is 10.1. The molecule has 0 aliphatic carbocycles. The number of aromatic amines is 1. The Morgan fingerprint density at radius 2 is 1.97 bits per heavy atom. The predicted octanol–water partition coefficient (Wildman–Crippen LogP) is 3.96. The molecule has 0 bridgehead atoms. The van der Waals surface area contributed by atoms with Crippen LogP contribution in [0.4, 0.5) is 5.82 Å². The van der Waals surface area contributed by atoms with Gasteiger partial charge in [-0.15, -0.1) is 0 Å². The molecule has 7 nitrogen and oxygen atoms in total. The standard InChI is InChI=1S/C24H25ClN6O/c1-15-19-10-17(25)4-6-20(19)29-22(15)12-30-7-8-31(23(32)13-30)11-16-3-5-18-21(9-16)27-14-28-24(18)26-2/h3-6,9-10,14,29H,7-8,11-13H2,1-2H3,(H,26,27,28). The van der Waals surface area contributed by atoms with Gasteiger partial charge in [-0.25, -0.2) is 9.97 Å². The number of rotatable bonds is 5. The van der Waals surface area contributed by atoms with E-state index in [1.165, 1.54) is 5.56 Å². The third-order valence-electron chi connectivity index (χ3n) is 6.21. The minimum atomic E-state index is 0.145. The van der Waals surface area contributed by atoms with Gasteiger partial charge in [-0.1, -0.05) is 17.7 Å². The normalized spacial score (nSPS) is 15.1. The average molecular weight is 449 g/mol. The Kier molecular flexibility index (Phi) is 5.45. The predicted molar refractivity (Wildman–Crippen MR) is 128 cm³/mol. The summed E-state index contributed by atoms with van der Waals surface area (Å²) in [5, 5.41) is 5.94. The number of aromatic nitrogens is 3. The van der Waals surface area contributed by atoms with Gasteiger partial charge in [0, 0.05) is 60.2 Å². The summed E-state index contributed by atoms with van der Waals surface area (Å²) in [5.41, 5.74) is 5.36. The van der Waals surface area contributed by atoms with Crippen molar-refractivity contribution in [2.75, 3.05) is 32.0 Å². The molecular weight excluding hydrogens is 424 g/mol. The highest BCUT2D eigenvalue weighted by atomic mass is 35.5. The lowest BCUT2D eigenvalue weighted by molar-refractivity contribution is -0.136. The van der Waals surface area contributed by atoms with Gasteiger partial charge in [0.25, 0.3) is 0 Å². The number of benzene rings is 2. The minimum Gasteiger partial charge on any atom is -0.373 e. The summed E-state index contributed by atoms with van der Waals surface area (Å²) in [4.78, 5) is 29.1. The fourth-order valence-electron chi connectivity index (χ4n) is 4.42. The number of hydrogen-bond acceptors (Lipinski definition) is 5. The summed E-state index contributed by atoms with van der Waals surface area (Å²) in [5.74, 6) is 0.951. The molecule has 164 valence electrons. The molecule has 5 rings (SSSR count). The van der Waals surface area contributed by atoms with Crippen molar-refractivity contribution in [3.05, 3.63) is 64.6 Å². The second-order valence-corrected chi connectivity index (χ2v) is 8.70. The highest BCUT2D eigenvalue weighted by molar-refractivity contribution is 6.31. The summed E-state index contributed by atoms with van der Waals surface area (Å²) in [6, 6.07) is 12.0. The summed E-state index contributed by atoms with van der Waals surface area (Å²) >= 11 is 6.16. The van der Waals surface area contributed by atoms with Crippen LogP contribution in [-0.4, -0.2) is 57.3 Å². The lowest BCUT2D eigenvalue weighted by Crippen LogP contribution is -2.49. The third-order valence-corrected chi connectivity index (χ3v) is 6.45. The van der Waals surface area contributed by atoms with Crippen LogP contribution < -0.4 is 5.32 Å². The number of hydrogen-bond donors (Lipinski definition) is 2. The molecule has 4 aromatic rings. The quantitative estimate of drug-likeness (QED) is 0.483. The van der Waals surface area contributed by atoms with Crippen molar-refractivity contribution < 1.29 is 4.79 Å². The second-order valence-electron chi connectivity index (χ2n) is 8.27. The first kappa shape index (κ1) is 20.7. The molecule has 0 atom stereocenters. The minimum absolute atomic E-state index is 0.145. The van der Waals surface area contributed by atoms with Crippen molar-refractivity contribution in [3.8, 4) is 0 Å². The molecule has 2 aromatic carbocycles. The molecule has 2 N–H and O–H groups in total. The molecule has 3 heterocycles. The van der Waals surface area contributed by atoms with Crippen molar-refractivity contribution in [1.29, 1.82) is 0 Å². The van der Waals surface area contributed by atoms with Crippen LogP contribution in [0.3, 0.4) is 0 Å². The van der Waals surface area contributed by atoms with Crippen LogP contribution in [0.25, 0.3) is 21.8 Å². The highest BCUT2D eigenvalue weighted by Crippen LogP contribution is 2.26. The number of nitrogens with one attached hydrogen (secondary N) is 2. The van der Waals surface area contributed by atoms with Gasteiger partial charge in [-0.3, -0.25) is 9.69 Å². The average Bonchev–Trinajstić information content (AvgIpc) is 3.09. The number of nitrogens with zero attached hydrogens (tertiary/aromatic N) is 4. The van der Waals surface area contributed by atoms with Gasteiger partial charge in [0.05, 0.1) is 12.1 Å². The first-order chi connectivity index (χ1) is 15.5. The summed E-state index contributed by atoms with van der Waals surface area (Å²) < 4.78 is 0. The molecule has 2 aromatic heterocycles. The van der Waals surface area contributed by atoms with E-state index in [0.717, 1.165) is 57.0 Å². The van der Waals surface area contributed by atoms with E-state index >= 15 is 0 Å². The molecule has 1 amide bonds. The highest BCUT2D eigenvalue weighted by Gasteiger charge is 2.25. The van der Waals surface area contributed by atoms with E-state index in [1.807, 2.05) is 48.3 Å². The molecule has 0 unspecified atom stereocenters. The van der Waals surface area contributed by atoms with Gasteiger partial charge in [-0.05, 0) is 48.4 Å².